The monoisotopic (exact) mass is 363 g/mol. The topological polar surface area (TPSA) is 95.7 Å². The molecule has 25 heavy (non-hydrogen) atoms. The predicted molar refractivity (Wildman–Crippen MR) is 83.7 cm³/mol. The van der Waals surface area contributed by atoms with Crippen LogP contribution in [0.3, 0.4) is 0 Å². The van der Waals surface area contributed by atoms with E-state index in [1.807, 2.05) is 0 Å². The van der Waals surface area contributed by atoms with Gasteiger partial charge in [0.05, 0.1) is 11.4 Å². The maximum Gasteiger partial charge on any atom is 0.471 e. The van der Waals surface area contributed by atoms with E-state index in [4.69, 9.17) is 10.8 Å². The Morgan fingerprint density at radius 3 is 2.56 bits per heavy atom. The molecule has 138 valence electrons. The number of carbonyl (C=O) groups excluding carboxylic acids is 1. The van der Waals surface area contributed by atoms with Crippen molar-refractivity contribution >= 4 is 23.3 Å². The number of carbonyl (C=O) groups is 2. The molecule has 10 heteroatoms. The number of carboxylic acids is 1. The molecule has 0 aliphatic carbocycles. The minimum absolute atomic E-state index is 0.00214. The van der Waals surface area contributed by atoms with Crippen LogP contribution in [0.15, 0.2) is 30.9 Å². The molecule has 0 bridgehead atoms. The summed E-state index contributed by atoms with van der Waals surface area (Å²) in [4.78, 5) is 23.2. The van der Waals surface area contributed by atoms with Crippen LogP contribution in [0, 0.1) is 5.82 Å². The number of halogens is 4. The van der Waals surface area contributed by atoms with Crippen LogP contribution in [0.1, 0.15) is 6.42 Å². The van der Waals surface area contributed by atoms with Gasteiger partial charge >= 0.3 is 18.1 Å². The highest BCUT2D eigenvalue weighted by molar-refractivity contribution is 5.97. The van der Waals surface area contributed by atoms with Gasteiger partial charge in [0, 0.05) is 13.1 Å². The van der Waals surface area contributed by atoms with Crippen molar-refractivity contribution in [2.24, 2.45) is 5.73 Å². The third kappa shape index (κ3) is 5.75. The number of alkyl halides is 3. The molecule has 0 aliphatic heterocycles. The number of amides is 1. The lowest BCUT2D eigenvalue weighted by Crippen LogP contribution is -2.37. The van der Waals surface area contributed by atoms with Crippen molar-refractivity contribution in [1.82, 2.24) is 0 Å². The summed E-state index contributed by atoms with van der Waals surface area (Å²) >= 11 is 0. The zero-order chi connectivity index (χ0) is 19.2. The normalized spacial score (nSPS) is 12.4. The number of hydrogen-bond acceptors (Lipinski definition) is 4. The van der Waals surface area contributed by atoms with Crippen LogP contribution in [0.25, 0.3) is 0 Å². The minimum atomic E-state index is -5.14. The van der Waals surface area contributed by atoms with Crippen LogP contribution in [0.4, 0.5) is 28.9 Å². The van der Waals surface area contributed by atoms with E-state index in [0.717, 1.165) is 18.2 Å². The van der Waals surface area contributed by atoms with Gasteiger partial charge in [-0.3, -0.25) is 9.59 Å². The molecule has 1 amide bonds. The van der Waals surface area contributed by atoms with Crippen LogP contribution in [-0.4, -0.2) is 42.3 Å². The van der Waals surface area contributed by atoms with E-state index >= 15 is 0 Å². The lowest BCUT2D eigenvalue weighted by atomic mass is 10.1. The summed E-state index contributed by atoms with van der Waals surface area (Å²) in [5.41, 5.74) is 4.69. The standard InChI is InChI=1S/C15H17F4N3O3/c1-2-7-22(8-6-10(20)13(23)24)12-9(16)4-3-5-11(12)21-14(25)15(17,18)19/h2-5,10H,1,6-8,20H2,(H,21,25)(H,23,24). The summed E-state index contributed by atoms with van der Waals surface area (Å²) in [6, 6.07) is 2.02. The average molecular weight is 363 g/mol. The van der Waals surface area contributed by atoms with E-state index in [1.165, 1.54) is 11.0 Å². The van der Waals surface area contributed by atoms with E-state index in [9.17, 15) is 27.2 Å². The lowest BCUT2D eigenvalue weighted by Gasteiger charge is -2.27. The molecule has 1 rings (SSSR count). The summed E-state index contributed by atoms with van der Waals surface area (Å²) in [5, 5.41) is 10.4. The number of nitrogens with one attached hydrogen (secondary N) is 1. The molecule has 1 atom stereocenters. The van der Waals surface area contributed by atoms with E-state index in [2.05, 4.69) is 6.58 Å². The van der Waals surface area contributed by atoms with E-state index in [-0.39, 0.29) is 25.2 Å². The predicted octanol–water partition coefficient (Wildman–Crippen LogP) is 2.12. The van der Waals surface area contributed by atoms with Gasteiger partial charge in [-0.05, 0) is 18.6 Å². The summed E-state index contributed by atoms with van der Waals surface area (Å²) < 4.78 is 51.5. The summed E-state index contributed by atoms with van der Waals surface area (Å²) in [5.74, 6) is -4.40. The first kappa shape index (κ1) is 20.4. The number of carboxylic acid groups (broad SMARTS) is 1. The van der Waals surface area contributed by atoms with Crippen molar-refractivity contribution in [3.05, 3.63) is 36.7 Å². The molecule has 1 unspecified atom stereocenters. The first-order valence-corrected chi connectivity index (χ1v) is 7.08. The van der Waals surface area contributed by atoms with E-state index < -0.39 is 35.6 Å². The molecule has 0 saturated carbocycles. The fourth-order valence-corrected chi connectivity index (χ4v) is 2.00. The Bertz CT molecular complexity index is 649. The van der Waals surface area contributed by atoms with Crippen LogP contribution < -0.4 is 16.0 Å². The second kappa shape index (κ2) is 8.47. The lowest BCUT2D eigenvalue weighted by molar-refractivity contribution is -0.167. The highest BCUT2D eigenvalue weighted by atomic mass is 19.4. The zero-order valence-corrected chi connectivity index (χ0v) is 13.0. The van der Waals surface area contributed by atoms with Crippen LogP contribution in [0.2, 0.25) is 0 Å². The van der Waals surface area contributed by atoms with E-state index in [1.54, 1.807) is 5.32 Å². The molecule has 0 saturated heterocycles. The molecule has 1 aromatic carbocycles. The van der Waals surface area contributed by atoms with Crippen LogP contribution in [0.5, 0.6) is 0 Å². The zero-order valence-electron chi connectivity index (χ0n) is 13.0. The summed E-state index contributed by atoms with van der Waals surface area (Å²) in [7, 11) is 0. The Balaban J connectivity index is 3.14. The Kier molecular flexibility index (Phi) is 6.92. The fraction of sp³-hybridized carbons (Fsp3) is 0.333. The van der Waals surface area contributed by atoms with Crippen molar-refractivity contribution < 1.29 is 32.3 Å². The maximum atomic E-state index is 14.2. The number of nitrogens with zero attached hydrogens (tertiary/aromatic N) is 1. The van der Waals surface area contributed by atoms with Gasteiger partial charge in [0.1, 0.15) is 11.9 Å². The summed E-state index contributed by atoms with van der Waals surface area (Å²) in [6.45, 7) is 3.40. The Morgan fingerprint density at radius 2 is 2.04 bits per heavy atom. The number of rotatable bonds is 8. The molecule has 0 radical (unpaired) electrons. The van der Waals surface area contributed by atoms with Crippen molar-refractivity contribution in [3.63, 3.8) is 0 Å². The Hall–Kier alpha value is -2.62. The smallest absolute Gasteiger partial charge is 0.471 e. The van der Waals surface area contributed by atoms with E-state index in [0.29, 0.717) is 0 Å². The van der Waals surface area contributed by atoms with Crippen LogP contribution in [-0.2, 0) is 9.59 Å². The molecule has 0 heterocycles. The Morgan fingerprint density at radius 1 is 1.40 bits per heavy atom. The quantitative estimate of drug-likeness (QED) is 0.486. The first-order valence-electron chi connectivity index (χ1n) is 7.08. The van der Waals surface area contributed by atoms with Gasteiger partial charge < -0.3 is 21.1 Å². The minimum Gasteiger partial charge on any atom is -0.480 e. The van der Waals surface area contributed by atoms with Gasteiger partial charge in [0.15, 0.2) is 0 Å². The number of para-hydroxylation sites is 1. The van der Waals surface area contributed by atoms with Gasteiger partial charge in [-0.15, -0.1) is 6.58 Å². The molecular weight excluding hydrogens is 346 g/mol. The molecule has 4 N–H and O–H groups in total. The molecule has 0 fully saturated rings. The number of aliphatic carboxylic acids is 1. The first-order chi connectivity index (χ1) is 11.6. The largest absolute Gasteiger partial charge is 0.480 e. The van der Waals surface area contributed by atoms with Crippen molar-refractivity contribution in [3.8, 4) is 0 Å². The second-order valence-electron chi connectivity index (χ2n) is 5.06. The highest BCUT2D eigenvalue weighted by Gasteiger charge is 2.39. The average Bonchev–Trinajstić information content (AvgIpc) is 2.50. The number of nitrogens with two attached hydrogens (primary N) is 1. The van der Waals surface area contributed by atoms with Gasteiger partial charge in [-0.25, -0.2) is 4.39 Å². The highest BCUT2D eigenvalue weighted by Crippen LogP contribution is 2.31. The molecule has 0 aromatic heterocycles. The fourth-order valence-electron chi connectivity index (χ4n) is 2.00. The third-order valence-electron chi connectivity index (χ3n) is 3.19. The molecule has 0 aliphatic rings. The summed E-state index contributed by atoms with van der Waals surface area (Å²) in [6.07, 6.45) is -3.88. The molecule has 1 aromatic rings. The second-order valence-corrected chi connectivity index (χ2v) is 5.06. The molecule has 0 spiro atoms. The van der Waals surface area contributed by atoms with Crippen molar-refractivity contribution in [2.45, 2.75) is 18.6 Å². The Labute approximate surface area is 140 Å². The van der Waals surface area contributed by atoms with Crippen LogP contribution >= 0.6 is 0 Å². The van der Waals surface area contributed by atoms with Crippen molar-refractivity contribution in [2.75, 3.05) is 23.3 Å². The number of anilines is 2. The molecule has 6 nitrogen and oxygen atoms in total. The van der Waals surface area contributed by atoms with Gasteiger partial charge in [0.25, 0.3) is 0 Å². The number of benzene rings is 1. The maximum absolute atomic E-state index is 14.2. The molecular formula is C15H17F4N3O3. The van der Waals surface area contributed by atoms with Crippen molar-refractivity contribution in [1.29, 1.82) is 0 Å². The number of hydrogen-bond donors (Lipinski definition) is 3. The van der Waals surface area contributed by atoms with Gasteiger partial charge in [0.2, 0.25) is 0 Å². The third-order valence-corrected chi connectivity index (χ3v) is 3.19. The SMILES string of the molecule is C=CCN(CCC(N)C(=O)O)c1c(F)cccc1NC(=O)C(F)(F)F. The van der Waals surface area contributed by atoms with Gasteiger partial charge in [-0.1, -0.05) is 12.1 Å². The van der Waals surface area contributed by atoms with Gasteiger partial charge in [-0.2, -0.15) is 13.2 Å².